The van der Waals surface area contributed by atoms with Crippen LogP contribution in [0, 0.1) is 0 Å². The molecule has 0 atom stereocenters. The molecular weight excluding hydrogens is 278 g/mol. The van der Waals surface area contributed by atoms with Gasteiger partial charge < -0.3 is 10.1 Å². The molecule has 0 spiro atoms. The van der Waals surface area contributed by atoms with Gasteiger partial charge in [0.1, 0.15) is 0 Å². The third kappa shape index (κ3) is 4.99. The number of thioether (sulfide) groups is 1. The summed E-state index contributed by atoms with van der Waals surface area (Å²) in [5.74, 6) is 0. The van der Waals surface area contributed by atoms with Crippen molar-refractivity contribution in [3.8, 4) is 0 Å². The zero-order valence-corrected chi connectivity index (χ0v) is 13.0. The Bertz CT molecular complexity index is 394. The highest BCUT2D eigenvalue weighted by Crippen LogP contribution is 2.33. The fourth-order valence-corrected chi connectivity index (χ4v) is 3.59. The lowest BCUT2D eigenvalue weighted by molar-refractivity contribution is 0.1000. The lowest BCUT2D eigenvalue weighted by Crippen LogP contribution is -2.18. The number of hydrogen-bond acceptors (Lipinski definition) is 3. The van der Waals surface area contributed by atoms with Crippen LogP contribution in [0.1, 0.15) is 31.7 Å². The third-order valence-corrected chi connectivity index (χ3v) is 4.92. The van der Waals surface area contributed by atoms with E-state index >= 15 is 0 Å². The van der Waals surface area contributed by atoms with Crippen LogP contribution in [0.15, 0.2) is 23.1 Å². The summed E-state index contributed by atoms with van der Waals surface area (Å²) in [6, 6.07) is 6.24. The summed E-state index contributed by atoms with van der Waals surface area (Å²) >= 11 is 8.09. The molecule has 1 aromatic carbocycles. The van der Waals surface area contributed by atoms with Crippen LogP contribution in [0.2, 0.25) is 5.02 Å². The van der Waals surface area contributed by atoms with Crippen molar-refractivity contribution in [1.29, 1.82) is 0 Å². The molecule has 1 aliphatic rings. The molecule has 19 heavy (non-hydrogen) atoms. The van der Waals surface area contributed by atoms with Crippen molar-refractivity contribution in [1.82, 2.24) is 5.32 Å². The van der Waals surface area contributed by atoms with Crippen molar-refractivity contribution in [2.45, 2.75) is 42.9 Å². The van der Waals surface area contributed by atoms with Crippen molar-refractivity contribution >= 4 is 23.4 Å². The fraction of sp³-hybridized carbons (Fsp3) is 0.600. The number of hydrogen-bond donors (Lipinski definition) is 1. The van der Waals surface area contributed by atoms with E-state index in [1.54, 1.807) is 0 Å². The van der Waals surface area contributed by atoms with Crippen molar-refractivity contribution in [2.75, 3.05) is 19.8 Å². The highest BCUT2D eigenvalue weighted by Gasteiger charge is 2.16. The summed E-state index contributed by atoms with van der Waals surface area (Å²) in [4.78, 5) is 1.36. The van der Waals surface area contributed by atoms with E-state index < -0.39 is 0 Å². The van der Waals surface area contributed by atoms with Crippen molar-refractivity contribution in [3.63, 3.8) is 0 Å². The molecule has 0 radical (unpaired) electrons. The minimum Gasteiger partial charge on any atom is -0.381 e. The second-order valence-electron chi connectivity index (χ2n) is 4.86. The Morgan fingerprint density at radius 1 is 1.37 bits per heavy atom. The van der Waals surface area contributed by atoms with Gasteiger partial charge in [-0.05, 0) is 49.6 Å². The average Bonchev–Trinajstić information content (AvgIpc) is 2.43. The lowest BCUT2D eigenvalue weighted by atomic mass is 10.2. The van der Waals surface area contributed by atoms with E-state index in [-0.39, 0.29) is 0 Å². The second-order valence-corrected chi connectivity index (χ2v) is 6.64. The molecule has 2 nitrogen and oxygen atoms in total. The van der Waals surface area contributed by atoms with Crippen molar-refractivity contribution in [3.05, 3.63) is 28.8 Å². The smallest absolute Gasteiger partial charge is 0.0476 e. The Morgan fingerprint density at radius 2 is 2.16 bits per heavy atom. The Morgan fingerprint density at radius 3 is 2.89 bits per heavy atom. The molecule has 1 aliphatic heterocycles. The summed E-state index contributed by atoms with van der Waals surface area (Å²) < 4.78 is 5.42. The van der Waals surface area contributed by atoms with Gasteiger partial charge in [-0.15, -0.1) is 11.8 Å². The van der Waals surface area contributed by atoms with E-state index in [1.807, 2.05) is 17.8 Å². The molecule has 0 aromatic heterocycles. The molecule has 1 heterocycles. The van der Waals surface area contributed by atoms with Gasteiger partial charge in [0.2, 0.25) is 0 Å². The van der Waals surface area contributed by atoms with Gasteiger partial charge in [0.25, 0.3) is 0 Å². The first-order valence-corrected chi connectivity index (χ1v) is 8.29. The third-order valence-electron chi connectivity index (χ3n) is 3.23. The normalized spacial score (nSPS) is 16.7. The summed E-state index contributed by atoms with van der Waals surface area (Å²) in [5.41, 5.74) is 1.32. The van der Waals surface area contributed by atoms with Gasteiger partial charge >= 0.3 is 0 Å². The lowest BCUT2D eigenvalue weighted by Gasteiger charge is -2.22. The molecule has 0 saturated carbocycles. The number of nitrogens with one attached hydrogen (secondary N) is 1. The molecule has 1 aromatic rings. The minimum atomic E-state index is 0.680. The molecule has 0 bridgehead atoms. The molecule has 0 amide bonds. The average molecular weight is 300 g/mol. The van der Waals surface area contributed by atoms with E-state index in [2.05, 4.69) is 24.4 Å². The van der Waals surface area contributed by atoms with Crippen molar-refractivity contribution < 1.29 is 4.74 Å². The maximum atomic E-state index is 6.12. The van der Waals surface area contributed by atoms with Gasteiger partial charge in [-0.25, -0.2) is 0 Å². The Balaban J connectivity index is 2.00. The second kappa shape index (κ2) is 8.15. The molecule has 1 fully saturated rings. The highest BCUT2D eigenvalue weighted by molar-refractivity contribution is 8.00. The number of halogens is 1. The predicted octanol–water partition coefficient (Wildman–Crippen LogP) is 4.11. The van der Waals surface area contributed by atoms with Crippen LogP contribution in [-0.2, 0) is 11.3 Å². The van der Waals surface area contributed by atoms with Crippen LogP contribution in [-0.4, -0.2) is 25.0 Å². The molecule has 4 heteroatoms. The van der Waals surface area contributed by atoms with Gasteiger partial charge in [0.15, 0.2) is 0 Å². The summed E-state index contributed by atoms with van der Waals surface area (Å²) in [7, 11) is 0. The van der Waals surface area contributed by atoms with E-state index in [0.29, 0.717) is 5.25 Å². The van der Waals surface area contributed by atoms with Crippen LogP contribution in [0.5, 0.6) is 0 Å². The molecule has 2 rings (SSSR count). The molecule has 0 unspecified atom stereocenters. The summed E-state index contributed by atoms with van der Waals surface area (Å²) in [6.45, 7) is 5.93. The van der Waals surface area contributed by atoms with E-state index in [9.17, 15) is 0 Å². The van der Waals surface area contributed by atoms with Gasteiger partial charge in [-0.1, -0.05) is 18.5 Å². The zero-order valence-electron chi connectivity index (χ0n) is 11.5. The van der Waals surface area contributed by atoms with Crippen LogP contribution < -0.4 is 5.32 Å². The van der Waals surface area contributed by atoms with E-state index in [4.69, 9.17) is 16.3 Å². The Hall–Kier alpha value is -0.220. The van der Waals surface area contributed by atoms with E-state index in [1.165, 1.54) is 10.5 Å². The van der Waals surface area contributed by atoms with Crippen LogP contribution in [0.3, 0.4) is 0 Å². The molecule has 106 valence electrons. The number of rotatable bonds is 6. The first-order chi connectivity index (χ1) is 9.29. The molecule has 1 N–H and O–H groups in total. The maximum Gasteiger partial charge on any atom is 0.0476 e. The first kappa shape index (κ1) is 15.2. The summed E-state index contributed by atoms with van der Waals surface area (Å²) in [6.07, 6.45) is 3.45. The molecule has 0 aliphatic carbocycles. The Labute approximate surface area is 125 Å². The predicted molar refractivity (Wildman–Crippen MR) is 83.1 cm³/mol. The van der Waals surface area contributed by atoms with Crippen molar-refractivity contribution in [2.24, 2.45) is 0 Å². The van der Waals surface area contributed by atoms with Gasteiger partial charge in [-0.2, -0.15) is 0 Å². The van der Waals surface area contributed by atoms with Crippen LogP contribution >= 0.6 is 23.4 Å². The van der Waals surface area contributed by atoms with Gasteiger partial charge in [0.05, 0.1) is 0 Å². The standard InChI is InChI=1S/C15H22ClNOS/c1-2-7-17-11-12-10-13(16)3-4-15(12)19-14-5-8-18-9-6-14/h3-4,10,14,17H,2,5-9,11H2,1H3. The van der Waals surface area contributed by atoms with Gasteiger partial charge in [-0.3, -0.25) is 0 Å². The van der Waals surface area contributed by atoms with E-state index in [0.717, 1.165) is 50.6 Å². The summed E-state index contributed by atoms with van der Waals surface area (Å²) in [5, 5.41) is 4.96. The number of benzene rings is 1. The molecular formula is C15H22ClNOS. The SMILES string of the molecule is CCCNCc1cc(Cl)ccc1SC1CCOCC1. The monoisotopic (exact) mass is 299 g/mol. The number of ether oxygens (including phenoxy) is 1. The Kier molecular flexibility index (Phi) is 6.51. The van der Waals surface area contributed by atoms with Gasteiger partial charge in [0, 0.05) is 34.9 Å². The first-order valence-electron chi connectivity index (χ1n) is 7.03. The largest absolute Gasteiger partial charge is 0.381 e. The van der Waals surface area contributed by atoms with Crippen LogP contribution in [0.4, 0.5) is 0 Å². The maximum absolute atomic E-state index is 6.12. The zero-order chi connectivity index (χ0) is 13.5. The molecule has 1 saturated heterocycles. The minimum absolute atomic E-state index is 0.680. The topological polar surface area (TPSA) is 21.3 Å². The quantitative estimate of drug-likeness (QED) is 0.799. The highest BCUT2D eigenvalue weighted by atomic mass is 35.5. The fourth-order valence-electron chi connectivity index (χ4n) is 2.17. The van der Waals surface area contributed by atoms with Crippen LogP contribution in [0.25, 0.3) is 0 Å².